The molecular weight excluding hydrogens is 304 g/mol. The minimum atomic E-state index is -0.0798. The van der Waals surface area contributed by atoms with E-state index in [4.69, 9.17) is 0 Å². The van der Waals surface area contributed by atoms with E-state index >= 15 is 0 Å². The van der Waals surface area contributed by atoms with Crippen LogP contribution in [0.3, 0.4) is 0 Å². The second-order valence-electron chi connectivity index (χ2n) is 6.62. The summed E-state index contributed by atoms with van der Waals surface area (Å²) in [6.07, 6.45) is 5.04. The highest BCUT2D eigenvalue weighted by atomic mass is 16.3. The Balaban J connectivity index is 1.47. The average molecular weight is 328 g/mol. The summed E-state index contributed by atoms with van der Waals surface area (Å²) in [5.74, 6) is 0.612. The number of amides is 1. The fourth-order valence-electron chi connectivity index (χ4n) is 3.17. The quantitative estimate of drug-likeness (QED) is 0.876. The third-order valence-corrected chi connectivity index (χ3v) is 4.54. The summed E-state index contributed by atoms with van der Waals surface area (Å²) in [5, 5.41) is 16.7. The number of benzene rings is 1. The molecule has 128 valence electrons. The first-order chi connectivity index (χ1) is 11.5. The Morgan fingerprint density at radius 1 is 1.46 bits per heavy atom. The highest BCUT2D eigenvalue weighted by molar-refractivity contribution is 5.94. The van der Waals surface area contributed by atoms with Crippen molar-refractivity contribution in [1.29, 1.82) is 0 Å². The van der Waals surface area contributed by atoms with E-state index in [0.717, 1.165) is 26.1 Å². The first kappa shape index (κ1) is 16.5. The second-order valence-corrected chi connectivity index (χ2v) is 6.62. The van der Waals surface area contributed by atoms with Crippen molar-refractivity contribution in [3.05, 3.63) is 47.3 Å². The standard InChI is InChI=1S/C18H24N4O2/c1-13-7-16(3-4-17(13)23)18(24)19-8-14-5-6-22(11-14)12-15-9-20-21(2)10-15/h3-4,7,9-10,14,23H,5-6,8,11-12H2,1-2H3,(H,19,24)/t14-/m1/s1. The monoisotopic (exact) mass is 328 g/mol. The number of phenolic OH excluding ortho intramolecular Hbond substituents is 1. The molecule has 6 heteroatoms. The summed E-state index contributed by atoms with van der Waals surface area (Å²) in [6, 6.07) is 4.94. The van der Waals surface area contributed by atoms with Gasteiger partial charge in [-0.3, -0.25) is 14.4 Å². The largest absolute Gasteiger partial charge is 0.508 e. The lowest BCUT2D eigenvalue weighted by atomic mass is 10.1. The fraction of sp³-hybridized carbons (Fsp3) is 0.444. The Morgan fingerprint density at radius 2 is 2.29 bits per heavy atom. The van der Waals surface area contributed by atoms with Gasteiger partial charge in [0.15, 0.2) is 0 Å². The van der Waals surface area contributed by atoms with Crippen LogP contribution in [0.5, 0.6) is 5.75 Å². The highest BCUT2D eigenvalue weighted by Crippen LogP contribution is 2.19. The van der Waals surface area contributed by atoms with Crippen LogP contribution in [-0.4, -0.2) is 45.3 Å². The van der Waals surface area contributed by atoms with Crippen molar-refractivity contribution in [1.82, 2.24) is 20.0 Å². The predicted molar refractivity (Wildman–Crippen MR) is 91.8 cm³/mol. The predicted octanol–water partition coefficient (Wildman–Crippen LogP) is 1.69. The molecular formula is C18H24N4O2. The Kier molecular flexibility index (Phi) is 4.85. The molecule has 24 heavy (non-hydrogen) atoms. The minimum absolute atomic E-state index is 0.0798. The Bertz CT molecular complexity index is 726. The van der Waals surface area contributed by atoms with Crippen LogP contribution >= 0.6 is 0 Å². The molecule has 2 N–H and O–H groups in total. The normalized spacial score (nSPS) is 18.0. The van der Waals surface area contributed by atoms with E-state index < -0.39 is 0 Å². The van der Waals surface area contributed by atoms with Crippen LogP contribution in [-0.2, 0) is 13.6 Å². The molecule has 6 nitrogen and oxygen atoms in total. The van der Waals surface area contributed by atoms with Gasteiger partial charge in [0.25, 0.3) is 5.91 Å². The van der Waals surface area contributed by atoms with Crippen LogP contribution in [0.25, 0.3) is 0 Å². The summed E-state index contributed by atoms with van der Waals surface area (Å²) in [4.78, 5) is 14.6. The molecule has 1 aliphatic rings. The van der Waals surface area contributed by atoms with E-state index in [1.807, 2.05) is 24.1 Å². The molecule has 1 amide bonds. The Morgan fingerprint density at radius 3 is 3.00 bits per heavy atom. The first-order valence-corrected chi connectivity index (χ1v) is 8.29. The Hall–Kier alpha value is -2.34. The van der Waals surface area contributed by atoms with Crippen molar-refractivity contribution in [3.8, 4) is 5.75 Å². The van der Waals surface area contributed by atoms with Gasteiger partial charge in [-0.15, -0.1) is 0 Å². The van der Waals surface area contributed by atoms with Gasteiger partial charge < -0.3 is 10.4 Å². The van der Waals surface area contributed by atoms with Crippen molar-refractivity contribution in [2.75, 3.05) is 19.6 Å². The molecule has 0 aliphatic carbocycles. The number of phenols is 1. The van der Waals surface area contributed by atoms with Crippen LogP contribution in [0, 0.1) is 12.8 Å². The number of aromatic nitrogens is 2. The lowest BCUT2D eigenvalue weighted by Crippen LogP contribution is -2.31. The topological polar surface area (TPSA) is 70.4 Å². The molecule has 1 aliphatic heterocycles. The van der Waals surface area contributed by atoms with Crippen LogP contribution < -0.4 is 5.32 Å². The van der Waals surface area contributed by atoms with Gasteiger partial charge in [-0.25, -0.2) is 0 Å². The molecule has 1 aromatic heterocycles. The van der Waals surface area contributed by atoms with E-state index in [2.05, 4.69) is 15.3 Å². The van der Waals surface area contributed by atoms with Crippen molar-refractivity contribution in [2.45, 2.75) is 19.9 Å². The zero-order valence-corrected chi connectivity index (χ0v) is 14.2. The van der Waals surface area contributed by atoms with Gasteiger partial charge in [-0.2, -0.15) is 5.10 Å². The van der Waals surface area contributed by atoms with Gasteiger partial charge in [-0.1, -0.05) is 0 Å². The van der Waals surface area contributed by atoms with Crippen LogP contribution in [0.15, 0.2) is 30.6 Å². The molecule has 1 saturated heterocycles. The lowest BCUT2D eigenvalue weighted by molar-refractivity contribution is 0.0947. The molecule has 2 aromatic rings. The summed E-state index contributed by atoms with van der Waals surface area (Å²) < 4.78 is 1.82. The zero-order chi connectivity index (χ0) is 17.1. The van der Waals surface area contributed by atoms with E-state index in [1.54, 1.807) is 25.1 Å². The molecule has 1 aromatic carbocycles. The number of likely N-dealkylation sites (tertiary alicyclic amines) is 1. The van der Waals surface area contributed by atoms with E-state index in [1.165, 1.54) is 5.56 Å². The van der Waals surface area contributed by atoms with Crippen LogP contribution in [0.4, 0.5) is 0 Å². The first-order valence-electron chi connectivity index (χ1n) is 8.29. The summed E-state index contributed by atoms with van der Waals surface area (Å²) in [5.41, 5.74) is 2.53. The van der Waals surface area contributed by atoms with Crippen molar-refractivity contribution in [2.24, 2.45) is 13.0 Å². The van der Waals surface area contributed by atoms with E-state index in [-0.39, 0.29) is 11.7 Å². The average Bonchev–Trinajstić information content (AvgIpc) is 3.17. The number of hydrogen-bond donors (Lipinski definition) is 2. The highest BCUT2D eigenvalue weighted by Gasteiger charge is 2.23. The summed E-state index contributed by atoms with van der Waals surface area (Å²) in [7, 11) is 1.93. The number of aromatic hydroxyl groups is 1. The summed E-state index contributed by atoms with van der Waals surface area (Å²) in [6.45, 7) is 5.43. The molecule has 0 saturated carbocycles. The number of carbonyl (C=O) groups is 1. The van der Waals surface area contributed by atoms with Crippen molar-refractivity contribution < 1.29 is 9.90 Å². The van der Waals surface area contributed by atoms with E-state index in [0.29, 0.717) is 23.6 Å². The molecule has 0 spiro atoms. The zero-order valence-electron chi connectivity index (χ0n) is 14.2. The minimum Gasteiger partial charge on any atom is -0.508 e. The maximum atomic E-state index is 12.2. The van der Waals surface area contributed by atoms with Gasteiger partial charge >= 0.3 is 0 Å². The van der Waals surface area contributed by atoms with Crippen molar-refractivity contribution in [3.63, 3.8) is 0 Å². The van der Waals surface area contributed by atoms with Crippen LogP contribution in [0.1, 0.15) is 27.9 Å². The SMILES string of the molecule is Cc1cc(C(=O)NC[C@H]2CCN(Cc3cnn(C)c3)C2)ccc1O. The maximum absolute atomic E-state index is 12.2. The molecule has 3 rings (SSSR count). The van der Waals surface area contributed by atoms with E-state index in [9.17, 15) is 9.90 Å². The number of nitrogens with zero attached hydrogens (tertiary/aromatic N) is 3. The third kappa shape index (κ3) is 3.94. The number of rotatable bonds is 5. The summed E-state index contributed by atoms with van der Waals surface area (Å²) >= 11 is 0. The van der Waals surface area contributed by atoms with Gasteiger partial charge in [0.2, 0.25) is 0 Å². The Labute approximate surface area is 142 Å². The number of carbonyl (C=O) groups excluding carboxylic acids is 1. The molecule has 0 unspecified atom stereocenters. The van der Waals surface area contributed by atoms with Crippen molar-refractivity contribution >= 4 is 5.91 Å². The molecule has 1 fully saturated rings. The van der Waals surface area contributed by atoms with Gasteiger partial charge in [0.05, 0.1) is 6.20 Å². The molecule has 2 heterocycles. The number of hydrogen-bond acceptors (Lipinski definition) is 4. The van der Waals surface area contributed by atoms with Gasteiger partial charge in [0, 0.05) is 44.0 Å². The fourth-order valence-corrected chi connectivity index (χ4v) is 3.17. The third-order valence-electron chi connectivity index (χ3n) is 4.54. The molecule has 0 bridgehead atoms. The lowest BCUT2D eigenvalue weighted by Gasteiger charge is -2.15. The number of nitrogens with one attached hydrogen (secondary N) is 1. The maximum Gasteiger partial charge on any atom is 0.251 e. The smallest absolute Gasteiger partial charge is 0.251 e. The second kappa shape index (κ2) is 7.05. The van der Waals surface area contributed by atoms with Crippen LogP contribution in [0.2, 0.25) is 0 Å². The van der Waals surface area contributed by atoms with Gasteiger partial charge in [-0.05, 0) is 49.6 Å². The molecule has 1 atom stereocenters. The van der Waals surface area contributed by atoms with Gasteiger partial charge in [0.1, 0.15) is 5.75 Å². The number of aryl methyl sites for hydroxylation is 2. The molecule has 0 radical (unpaired) electrons.